The molecule has 0 aromatic heterocycles. The highest BCUT2D eigenvalue weighted by Gasteiger charge is 2.42. The lowest BCUT2D eigenvalue weighted by molar-refractivity contribution is -0.0286. The van der Waals surface area contributed by atoms with Crippen molar-refractivity contribution in [2.75, 3.05) is 20.3 Å². The van der Waals surface area contributed by atoms with Gasteiger partial charge in [-0.2, -0.15) is 0 Å². The fraction of sp³-hybridized carbons (Fsp3) is 1.00. The second-order valence-electron chi connectivity index (χ2n) is 10.3. The molecule has 0 aromatic carbocycles. The van der Waals surface area contributed by atoms with Gasteiger partial charge in [-0.1, -0.05) is 54.4 Å². The minimum Gasteiger partial charge on any atom is -0.314 e. The second kappa shape index (κ2) is 11.5. The van der Waals surface area contributed by atoms with E-state index in [1.54, 1.807) is 0 Å². The van der Waals surface area contributed by atoms with Crippen LogP contribution in [0.3, 0.4) is 0 Å². The van der Waals surface area contributed by atoms with E-state index in [1.807, 2.05) is 0 Å². The van der Waals surface area contributed by atoms with Crippen molar-refractivity contribution < 1.29 is 13.6 Å². The molecular weight excluding hydrogens is 369 g/mol. The third-order valence-electron chi connectivity index (χ3n) is 7.56. The molecule has 4 nitrogen and oxygen atoms in total. The third-order valence-corrected chi connectivity index (χ3v) is 8.34. The minimum atomic E-state index is -2.34. The van der Waals surface area contributed by atoms with Crippen LogP contribution in [0.4, 0.5) is 0 Å². The normalized spacial score (nSPS) is 35.6. The number of rotatable bonds is 9. The molecule has 5 heteroatoms. The molecule has 0 heterocycles. The quantitative estimate of drug-likeness (QED) is 0.416. The molecular formula is C23H46NO3P. The van der Waals surface area contributed by atoms with Gasteiger partial charge in [0.15, 0.2) is 0 Å². The molecule has 2 fully saturated rings. The summed E-state index contributed by atoms with van der Waals surface area (Å²) < 4.78 is 22.1. The van der Waals surface area contributed by atoms with Crippen LogP contribution in [-0.2, 0) is 13.6 Å². The van der Waals surface area contributed by atoms with Crippen molar-refractivity contribution in [3.05, 3.63) is 0 Å². The molecule has 2 rings (SSSR count). The maximum absolute atomic E-state index is 11.7. The van der Waals surface area contributed by atoms with Gasteiger partial charge in [-0.25, -0.2) is 0 Å². The van der Waals surface area contributed by atoms with E-state index in [-0.39, 0.29) is 0 Å². The molecule has 28 heavy (non-hydrogen) atoms. The molecule has 2 saturated carbocycles. The average Bonchev–Trinajstić information content (AvgIpc) is 2.64. The maximum atomic E-state index is 11.7. The van der Waals surface area contributed by atoms with Crippen LogP contribution >= 0.6 is 8.25 Å². The van der Waals surface area contributed by atoms with Gasteiger partial charge < -0.3 is 9.05 Å². The summed E-state index contributed by atoms with van der Waals surface area (Å²) in [5.74, 6) is 4.50. The summed E-state index contributed by atoms with van der Waals surface area (Å²) in [7, 11) is -0.875. The van der Waals surface area contributed by atoms with Gasteiger partial charge in [-0.3, -0.25) is 9.46 Å². The Kier molecular flexibility index (Phi) is 10.0. The van der Waals surface area contributed by atoms with Crippen LogP contribution in [0.2, 0.25) is 0 Å². The topological polar surface area (TPSA) is 38.8 Å². The lowest BCUT2D eigenvalue weighted by Gasteiger charge is -2.51. The standard InChI is InChI=1S/C23H46NO3P/c1-16(2)20-10-8-18(5)14-22(20)24(12-13-27-28(25)26-7)23-15-19(6)9-11-21(23)17(3)4/h16-23,28H,8-15H2,1-7H3. The summed E-state index contributed by atoms with van der Waals surface area (Å²) in [6.45, 7) is 15.8. The Balaban J connectivity index is 2.26. The van der Waals surface area contributed by atoms with Crippen LogP contribution in [0.25, 0.3) is 0 Å². The predicted octanol–water partition coefficient (Wildman–Crippen LogP) is 6.26. The molecule has 2 aliphatic rings. The van der Waals surface area contributed by atoms with Crippen LogP contribution in [0.1, 0.15) is 80.1 Å². The second-order valence-corrected chi connectivity index (χ2v) is 11.5. The zero-order valence-electron chi connectivity index (χ0n) is 19.4. The summed E-state index contributed by atoms with van der Waals surface area (Å²) in [6.07, 6.45) is 7.97. The van der Waals surface area contributed by atoms with Gasteiger partial charge in [0.05, 0.1) is 6.61 Å². The third kappa shape index (κ3) is 6.56. The van der Waals surface area contributed by atoms with E-state index < -0.39 is 8.25 Å². The zero-order valence-corrected chi connectivity index (χ0v) is 20.4. The van der Waals surface area contributed by atoms with Crippen molar-refractivity contribution >= 4 is 8.25 Å². The Labute approximate surface area is 175 Å². The van der Waals surface area contributed by atoms with E-state index in [2.05, 4.69) is 46.4 Å². The summed E-state index contributed by atoms with van der Waals surface area (Å²) in [5.41, 5.74) is 0. The van der Waals surface area contributed by atoms with E-state index in [4.69, 9.17) is 9.05 Å². The molecule has 7 atom stereocenters. The number of hydrogen-bond donors (Lipinski definition) is 0. The van der Waals surface area contributed by atoms with Gasteiger partial charge in [-0.15, -0.1) is 0 Å². The lowest BCUT2D eigenvalue weighted by atomic mass is 9.69. The molecule has 0 amide bonds. The Morgan fingerprint density at radius 3 is 1.75 bits per heavy atom. The van der Waals surface area contributed by atoms with Crippen LogP contribution in [0.15, 0.2) is 0 Å². The van der Waals surface area contributed by atoms with Crippen molar-refractivity contribution in [1.82, 2.24) is 4.90 Å². The highest BCUT2D eigenvalue weighted by Crippen LogP contribution is 2.43. The van der Waals surface area contributed by atoms with E-state index in [1.165, 1.54) is 45.6 Å². The summed E-state index contributed by atoms with van der Waals surface area (Å²) in [5, 5.41) is 0. The fourth-order valence-electron chi connectivity index (χ4n) is 5.94. The molecule has 2 aliphatic carbocycles. The summed E-state index contributed by atoms with van der Waals surface area (Å²) in [6, 6.07) is 1.24. The van der Waals surface area contributed by atoms with Gasteiger partial charge in [0.2, 0.25) is 0 Å². The maximum Gasteiger partial charge on any atom is 0.318 e. The highest BCUT2D eigenvalue weighted by molar-refractivity contribution is 7.33. The van der Waals surface area contributed by atoms with E-state index >= 15 is 0 Å². The molecule has 0 aromatic rings. The summed E-state index contributed by atoms with van der Waals surface area (Å²) in [4.78, 5) is 2.81. The number of nitrogens with zero attached hydrogens (tertiary/aromatic N) is 1. The zero-order chi connectivity index (χ0) is 20.8. The minimum absolute atomic E-state index is 0.511. The smallest absolute Gasteiger partial charge is 0.314 e. The Morgan fingerprint density at radius 1 is 0.893 bits per heavy atom. The molecule has 166 valence electrons. The van der Waals surface area contributed by atoms with Crippen molar-refractivity contribution in [3.63, 3.8) is 0 Å². The van der Waals surface area contributed by atoms with Crippen LogP contribution in [-0.4, -0.2) is 37.2 Å². The van der Waals surface area contributed by atoms with Crippen LogP contribution in [0.5, 0.6) is 0 Å². The first-order chi connectivity index (χ1) is 13.2. The monoisotopic (exact) mass is 415 g/mol. The van der Waals surface area contributed by atoms with E-state index in [0.29, 0.717) is 30.5 Å². The largest absolute Gasteiger partial charge is 0.318 e. The number of hydrogen-bond acceptors (Lipinski definition) is 4. The fourth-order valence-corrected chi connectivity index (χ4v) is 6.31. The van der Waals surface area contributed by atoms with Crippen LogP contribution < -0.4 is 0 Å². The first-order valence-electron chi connectivity index (χ1n) is 11.7. The van der Waals surface area contributed by atoms with E-state index in [0.717, 1.165) is 30.2 Å². The van der Waals surface area contributed by atoms with Gasteiger partial charge in [-0.05, 0) is 61.2 Å². The lowest BCUT2D eigenvalue weighted by Crippen LogP contribution is -2.55. The molecule has 0 aliphatic heterocycles. The van der Waals surface area contributed by atoms with Crippen LogP contribution in [0, 0.1) is 35.5 Å². The predicted molar refractivity (Wildman–Crippen MR) is 119 cm³/mol. The van der Waals surface area contributed by atoms with Gasteiger partial charge in [0.25, 0.3) is 0 Å². The summed E-state index contributed by atoms with van der Waals surface area (Å²) >= 11 is 0. The van der Waals surface area contributed by atoms with Crippen molar-refractivity contribution in [2.45, 2.75) is 92.2 Å². The SMILES string of the molecule is CO[PH](=O)OCCN(C1CC(C)CCC1C(C)C)C1CC(C)CCC1C(C)C. The van der Waals surface area contributed by atoms with Crippen molar-refractivity contribution in [3.8, 4) is 0 Å². The molecule has 0 saturated heterocycles. The Morgan fingerprint density at radius 2 is 1.36 bits per heavy atom. The van der Waals surface area contributed by atoms with Crippen molar-refractivity contribution in [1.29, 1.82) is 0 Å². The van der Waals surface area contributed by atoms with Crippen molar-refractivity contribution in [2.24, 2.45) is 35.5 Å². The first-order valence-corrected chi connectivity index (χ1v) is 12.9. The van der Waals surface area contributed by atoms with E-state index in [9.17, 15) is 4.57 Å². The van der Waals surface area contributed by atoms with Gasteiger partial charge >= 0.3 is 8.25 Å². The first kappa shape index (κ1) is 24.4. The van der Waals surface area contributed by atoms with Gasteiger partial charge in [0, 0.05) is 25.7 Å². The average molecular weight is 416 g/mol. The van der Waals surface area contributed by atoms with Gasteiger partial charge in [0.1, 0.15) is 0 Å². The molecule has 7 unspecified atom stereocenters. The molecule has 0 N–H and O–H groups in total. The molecule has 0 bridgehead atoms. The highest BCUT2D eigenvalue weighted by atomic mass is 31.1. The molecule has 0 radical (unpaired) electrons. The Hall–Kier alpha value is 0.110. The molecule has 0 spiro atoms. The Bertz CT molecular complexity index is 452.